The van der Waals surface area contributed by atoms with Crippen molar-refractivity contribution in [2.45, 2.75) is 0 Å². The Morgan fingerprint density at radius 2 is 2.12 bits per heavy atom. The number of aryl methyl sites for hydroxylation is 1. The first-order valence-corrected chi connectivity index (χ1v) is 4.85. The average Bonchev–Trinajstić information content (AvgIpc) is 2.61. The molecule has 2 heterocycles. The monoisotopic (exact) mass is 218 g/mol. The molecule has 5 heteroatoms. The van der Waals surface area contributed by atoms with Crippen LogP contribution in [0.1, 0.15) is 0 Å². The molecule has 1 aromatic carbocycles. The van der Waals surface area contributed by atoms with E-state index in [1.807, 2.05) is 6.07 Å². The molecule has 0 aliphatic rings. The first kappa shape index (κ1) is 9.08. The Morgan fingerprint density at radius 3 is 2.94 bits per heavy atom. The predicted octanol–water partition coefficient (Wildman–Crippen LogP) is 0.973. The fraction of sp³-hybridized carbons (Fsp3) is 0.0909. The van der Waals surface area contributed by atoms with Gasteiger partial charge in [0.25, 0.3) is 5.52 Å². The summed E-state index contributed by atoms with van der Waals surface area (Å²) in [5.74, 6) is -0.335. The van der Waals surface area contributed by atoms with Crippen molar-refractivity contribution < 1.29 is 8.96 Å². The standard InChI is InChI=1S/C11H8FN3O/c1-15-5-6-3-2-4-7(12)8(6)9-10(15)11(16)14-13-9/h2-5,16H,1H3/p+1. The van der Waals surface area contributed by atoms with Gasteiger partial charge < -0.3 is 0 Å². The molecule has 0 bridgehead atoms. The molecule has 0 aliphatic heterocycles. The lowest BCUT2D eigenvalue weighted by atomic mass is 10.1. The summed E-state index contributed by atoms with van der Waals surface area (Å²) < 4.78 is 15.4. The number of nitrogens with zero attached hydrogens (tertiary/aromatic N) is 1. The number of hydrogen-bond acceptors (Lipinski definition) is 1. The summed E-state index contributed by atoms with van der Waals surface area (Å²) in [6, 6.07) is 4.84. The van der Waals surface area contributed by atoms with Crippen molar-refractivity contribution in [3.05, 3.63) is 40.6 Å². The van der Waals surface area contributed by atoms with Gasteiger partial charge in [0.15, 0.2) is 6.20 Å². The second-order valence-corrected chi connectivity index (χ2v) is 3.75. The molecule has 0 unspecified atom stereocenters. The van der Waals surface area contributed by atoms with E-state index in [9.17, 15) is 9.18 Å². The van der Waals surface area contributed by atoms with E-state index in [0.717, 1.165) is 5.39 Å². The van der Waals surface area contributed by atoms with Crippen LogP contribution in [0.5, 0.6) is 0 Å². The van der Waals surface area contributed by atoms with Gasteiger partial charge in [-0.3, -0.25) is 15.0 Å². The molecule has 3 aromatic rings. The average molecular weight is 218 g/mol. The Bertz CT molecular complexity index is 757. The Balaban J connectivity index is 2.73. The molecule has 4 nitrogen and oxygen atoms in total. The summed E-state index contributed by atoms with van der Waals surface area (Å²) in [5.41, 5.74) is 0.698. The van der Waals surface area contributed by atoms with Crippen molar-refractivity contribution in [1.29, 1.82) is 0 Å². The van der Waals surface area contributed by atoms with Gasteiger partial charge in [0.1, 0.15) is 18.4 Å². The van der Waals surface area contributed by atoms with Crippen LogP contribution in [0.25, 0.3) is 21.8 Å². The number of nitrogens with one attached hydrogen (secondary N) is 2. The second-order valence-electron chi connectivity index (χ2n) is 3.75. The zero-order valence-corrected chi connectivity index (χ0v) is 8.54. The summed E-state index contributed by atoms with van der Waals surface area (Å²) in [5, 5.41) is 6.38. The molecule has 2 aromatic heterocycles. The number of pyridine rings is 1. The zero-order chi connectivity index (χ0) is 11.3. The van der Waals surface area contributed by atoms with Gasteiger partial charge in [-0.1, -0.05) is 6.07 Å². The molecule has 2 N–H and O–H groups in total. The van der Waals surface area contributed by atoms with Crippen LogP contribution in [-0.2, 0) is 7.05 Å². The lowest BCUT2D eigenvalue weighted by Crippen LogP contribution is -2.32. The van der Waals surface area contributed by atoms with Crippen LogP contribution < -0.4 is 10.1 Å². The summed E-state index contributed by atoms with van der Waals surface area (Å²) in [6.07, 6.45) is 1.74. The van der Waals surface area contributed by atoms with Gasteiger partial charge in [-0.25, -0.2) is 4.39 Å². The number of aromatic amines is 2. The van der Waals surface area contributed by atoms with Gasteiger partial charge in [0.05, 0.1) is 10.8 Å². The Labute approximate surface area is 89.3 Å². The summed E-state index contributed by atoms with van der Waals surface area (Å²) in [4.78, 5) is 11.5. The fourth-order valence-electron chi connectivity index (χ4n) is 2.05. The fourth-order valence-corrected chi connectivity index (χ4v) is 2.05. The number of halogens is 1. The maximum atomic E-state index is 13.7. The van der Waals surface area contributed by atoms with E-state index in [1.165, 1.54) is 6.07 Å². The summed E-state index contributed by atoms with van der Waals surface area (Å²) >= 11 is 0. The number of H-pyrrole nitrogens is 2. The molecule has 3 rings (SSSR count). The van der Waals surface area contributed by atoms with Crippen LogP contribution in [0.15, 0.2) is 29.2 Å². The van der Waals surface area contributed by atoms with Gasteiger partial charge in [-0.15, -0.1) is 0 Å². The van der Waals surface area contributed by atoms with Crippen molar-refractivity contribution in [1.82, 2.24) is 10.2 Å². The Morgan fingerprint density at radius 1 is 1.31 bits per heavy atom. The lowest BCUT2D eigenvalue weighted by Gasteiger charge is -1.98. The first-order valence-electron chi connectivity index (χ1n) is 4.85. The quantitative estimate of drug-likeness (QED) is 0.543. The van der Waals surface area contributed by atoms with Crippen LogP contribution >= 0.6 is 0 Å². The molecule has 0 radical (unpaired) electrons. The van der Waals surface area contributed by atoms with Gasteiger partial charge in [-0.2, -0.15) is 4.57 Å². The van der Waals surface area contributed by atoms with E-state index in [0.29, 0.717) is 16.4 Å². The largest absolute Gasteiger partial charge is 0.336 e. The van der Waals surface area contributed by atoms with E-state index in [4.69, 9.17) is 0 Å². The van der Waals surface area contributed by atoms with Crippen molar-refractivity contribution in [2.24, 2.45) is 7.05 Å². The summed E-state index contributed by atoms with van der Waals surface area (Å²) in [7, 11) is 1.76. The predicted molar refractivity (Wildman–Crippen MR) is 57.6 cm³/mol. The molecule has 80 valence electrons. The van der Waals surface area contributed by atoms with Crippen molar-refractivity contribution >= 4 is 21.8 Å². The van der Waals surface area contributed by atoms with E-state index in [2.05, 4.69) is 10.2 Å². The summed E-state index contributed by atoms with van der Waals surface area (Å²) in [6.45, 7) is 0. The van der Waals surface area contributed by atoms with Crippen LogP contribution in [0.4, 0.5) is 4.39 Å². The van der Waals surface area contributed by atoms with Crippen molar-refractivity contribution in [3.63, 3.8) is 0 Å². The molecule has 0 aliphatic carbocycles. The highest BCUT2D eigenvalue weighted by Gasteiger charge is 2.17. The molecular weight excluding hydrogens is 209 g/mol. The minimum absolute atomic E-state index is 0.248. The smallest absolute Gasteiger partial charge is 0.291 e. The normalized spacial score (nSPS) is 11.4. The topological polar surface area (TPSA) is 52.5 Å². The molecule has 0 saturated carbocycles. The van der Waals surface area contributed by atoms with Crippen molar-refractivity contribution in [2.75, 3.05) is 0 Å². The third kappa shape index (κ3) is 1.02. The molecule has 16 heavy (non-hydrogen) atoms. The first-order chi connectivity index (χ1) is 7.68. The lowest BCUT2D eigenvalue weighted by molar-refractivity contribution is -0.644. The zero-order valence-electron chi connectivity index (χ0n) is 8.54. The van der Waals surface area contributed by atoms with Gasteiger partial charge in [-0.05, 0) is 12.1 Å². The van der Waals surface area contributed by atoms with Gasteiger partial charge >= 0.3 is 5.56 Å². The van der Waals surface area contributed by atoms with Crippen molar-refractivity contribution in [3.8, 4) is 0 Å². The molecule has 0 saturated heterocycles. The number of aromatic nitrogens is 3. The van der Waals surface area contributed by atoms with Crippen LogP contribution in [0, 0.1) is 5.82 Å². The molecular formula is C11H9FN3O+. The molecule has 0 fully saturated rings. The minimum atomic E-state index is -0.335. The number of hydrogen-bond donors (Lipinski definition) is 2. The number of benzene rings is 1. The maximum Gasteiger partial charge on any atom is 0.336 e. The van der Waals surface area contributed by atoms with Crippen LogP contribution in [0.3, 0.4) is 0 Å². The highest BCUT2D eigenvalue weighted by molar-refractivity contribution is 6.01. The number of fused-ring (bicyclic) bond motifs is 3. The van der Waals surface area contributed by atoms with E-state index < -0.39 is 0 Å². The molecule has 0 atom stereocenters. The maximum absolute atomic E-state index is 13.7. The molecule has 0 amide bonds. The SMILES string of the molecule is C[n+]1cc2cccc(F)c2c2[nH][nH]c(=O)c21. The van der Waals surface area contributed by atoms with Gasteiger partial charge in [0.2, 0.25) is 0 Å². The third-order valence-corrected chi connectivity index (χ3v) is 2.73. The van der Waals surface area contributed by atoms with E-state index in [1.54, 1.807) is 23.9 Å². The third-order valence-electron chi connectivity index (χ3n) is 2.73. The van der Waals surface area contributed by atoms with Crippen LogP contribution in [-0.4, -0.2) is 10.2 Å². The Kier molecular flexibility index (Phi) is 1.65. The van der Waals surface area contributed by atoms with Crippen LogP contribution in [0.2, 0.25) is 0 Å². The Hall–Kier alpha value is -2.17. The van der Waals surface area contributed by atoms with E-state index >= 15 is 0 Å². The molecule has 0 spiro atoms. The van der Waals surface area contributed by atoms with E-state index in [-0.39, 0.29) is 11.4 Å². The minimum Gasteiger partial charge on any atom is -0.291 e. The second kappa shape index (κ2) is 2.91. The number of rotatable bonds is 0. The highest BCUT2D eigenvalue weighted by atomic mass is 19.1. The van der Waals surface area contributed by atoms with Gasteiger partial charge in [0, 0.05) is 0 Å². The highest BCUT2D eigenvalue weighted by Crippen LogP contribution is 2.21.